The van der Waals surface area contributed by atoms with Gasteiger partial charge in [-0.05, 0) is 82.0 Å². The second-order valence-corrected chi connectivity index (χ2v) is 10.8. The quantitative estimate of drug-likeness (QED) is 0.812. The molecule has 5 fully saturated rings. The molecule has 5 aliphatic carbocycles. The summed E-state index contributed by atoms with van der Waals surface area (Å²) >= 11 is 6.52. The van der Waals surface area contributed by atoms with Crippen molar-refractivity contribution in [3.63, 3.8) is 0 Å². The predicted octanol–water partition coefficient (Wildman–Crippen LogP) is 2.93. The van der Waals surface area contributed by atoms with E-state index in [2.05, 4.69) is 17.3 Å². The van der Waals surface area contributed by atoms with Gasteiger partial charge in [-0.25, -0.2) is 4.68 Å². The number of aliphatic carboxylic acids is 1. The number of aromatic nitrogens is 2. The van der Waals surface area contributed by atoms with E-state index < -0.39 is 16.9 Å². The normalized spacial score (nSPS) is 40.8. The first-order valence-electron chi connectivity index (χ1n) is 11.1. The lowest BCUT2D eigenvalue weighted by molar-refractivity contribution is -0.329. The van der Waals surface area contributed by atoms with Crippen LogP contribution in [0.15, 0.2) is 11.0 Å². The first-order chi connectivity index (χ1) is 13.8. The van der Waals surface area contributed by atoms with Gasteiger partial charge in [-0.3, -0.25) is 4.79 Å². The van der Waals surface area contributed by atoms with E-state index in [1.165, 1.54) is 17.5 Å². The van der Waals surface area contributed by atoms with Crippen LogP contribution in [0.2, 0.25) is 5.02 Å². The van der Waals surface area contributed by atoms with Gasteiger partial charge in [0.1, 0.15) is 5.02 Å². The monoisotopic (exact) mass is 418 g/mol. The summed E-state index contributed by atoms with van der Waals surface area (Å²) in [6, 6.07) is 0.321. The van der Waals surface area contributed by atoms with Gasteiger partial charge in [0.25, 0.3) is 5.56 Å². The van der Waals surface area contributed by atoms with E-state index in [0.29, 0.717) is 42.8 Å². The predicted molar refractivity (Wildman–Crippen MR) is 109 cm³/mol. The third-order valence-electron chi connectivity index (χ3n) is 8.21. The van der Waals surface area contributed by atoms with Crippen LogP contribution in [0.3, 0.4) is 0 Å². The Bertz CT molecular complexity index is 876. The third kappa shape index (κ3) is 3.09. The lowest BCUT2D eigenvalue weighted by atomic mass is 9.47. The molecule has 0 aromatic carbocycles. The van der Waals surface area contributed by atoms with Crippen molar-refractivity contribution in [1.29, 1.82) is 0 Å². The number of hydrogen-bond acceptors (Lipinski definition) is 5. The van der Waals surface area contributed by atoms with Gasteiger partial charge in [-0.2, -0.15) is 5.10 Å². The maximum atomic E-state index is 13.2. The zero-order valence-corrected chi connectivity index (χ0v) is 17.7. The maximum Gasteiger partial charge on any atom is 0.288 e. The first-order valence-corrected chi connectivity index (χ1v) is 11.4. The van der Waals surface area contributed by atoms with Crippen molar-refractivity contribution >= 4 is 23.3 Å². The van der Waals surface area contributed by atoms with Crippen LogP contribution in [0.4, 0.5) is 5.69 Å². The summed E-state index contributed by atoms with van der Waals surface area (Å²) in [6.45, 7) is 2.27. The lowest BCUT2D eigenvalue weighted by Crippen LogP contribution is -2.63. The van der Waals surface area contributed by atoms with E-state index in [1.807, 2.05) is 0 Å². The molecule has 4 atom stereocenters. The summed E-state index contributed by atoms with van der Waals surface area (Å²) in [5.74, 6) is 0.439. The Kier molecular flexibility index (Phi) is 4.50. The summed E-state index contributed by atoms with van der Waals surface area (Å²) in [7, 11) is 0. The summed E-state index contributed by atoms with van der Waals surface area (Å²) in [5, 5.41) is 20.2. The van der Waals surface area contributed by atoms with Crippen molar-refractivity contribution in [1.82, 2.24) is 9.78 Å². The minimum atomic E-state index is -0.958. The highest BCUT2D eigenvalue weighted by Gasteiger charge is 2.60. The van der Waals surface area contributed by atoms with Crippen LogP contribution in [0.25, 0.3) is 0 Å². The summed E-state index contributed by atoms with van der Waals surface area (Å²) in [4.78, 5) is 25.3. The molecule has 0 radical (unpaired) electrons. The standard InChI is InChI=1S/C22H30ClN3O3/c1-13-2-4-16(5-3-13)25-17-11-24-26(19(27)18(17)23)22-9-14-6-15(10-22)8-21(7-14,12-22)20(28)29/h11,13-16,25H,2-10,12H2,1H3,(H,28,29)/p-1/t13?,14-,15+,16?,21?,22?. The van der Waals surface area contributed by atoms with Gasteiger partial charge in [0, 0.05) is 17.4 Å². The highest BCUT2D eigenvalue weighted by Crippen LogP contribution is 2.63. The van der Waals surface area contributed by atoms with Crippen LogP contribution in [0.5, 0.6) is 0 Å². The molecule has 5 saturated carbocycles. The molecule has 0 saturated heterocycles. The van der Waals surface area contributed by atoms with Crippen molar-refractivity contribution in [3.8, 4) is 0 Å². The molecular weight excluding hydrogens is 390 g/mol. The highest BCUT2D eigenvalue weighted by atomic mass is 35.5. The van der Waals surface area contributed by atoms with Gasteiger partial charge in [-0.15, -0.1) is 0 Å². The Balaban J connectivity index is 1.45. The van der Waals surface area contributed by atoms with Crippen LogP contribution in [-0.2, 0) is 10.3 Å². The zero-order valence-electron chi connectivity index (χ0n) is 17.0. The average molecular weight is 419 g/mol. The molecule has 4 bridgehead atoms. The fourth-order valence-electron chi connectivity index (χ4n) is 7.20. The number of hydrogen-bond donors (Lipinski definition) is 1. The minimum absolute atomic E-state index is 0.178. The van der Waals surface area contributed by atoms with E-state index in [4.69, 9.17) is 11.6 Å². The maximum absolute atomic E-state index is 13.2. The number of carboxylic acid groups (broad SMARTS) is 1. The van der Waals surface area contributed by atoms with E-state index in [0.717, 1.165) is 38.0 Å². The lowest BCUT2D eigenvalue weighted by Gasteiger charge is -2.62. The van der Waals surface area contributed by atoms with Crippen molar-refractivity contribution < 1.29 is 9.90 Å². The average Bonchev–Trinajstić information content (AvgIpc) is 2.66. The molecule has 7 heteroatoms. The number of carbonyl (C=O) groups is 1. The molecule has 2 unspecified atom stereocenters. The van der Waals surface area contributed by atoms with Crippen LogP contribution in [0.1, 0.15) is 71.1 Å². The molecule has 158 valence electrons. The smallest absolute Gasteiger partial charge is 0.288 e. The van der Waals surface area contributed by atoms with E-state index in [-0.39, 0.29) is 10.6 Å². The fourth-order valence-corrected chi connectivity index (χ4v) is 7.38. The summed E-state index contributed by atoms with van der Waals surface area (Å²) in [5.41, 5.74) is -1.04. The molecule has 1 aromatic heterocycles. The Morgan fingerprint density at radius 3 is 2.48 bits per heavy atom. The topological polar surface area (TPSA) is 87.1 Å². The second kappa shape index (κ2) is 6.73. The molecule has 0 amide bonds. The second-order valence-electron chi connectivity index (χ2n) is 10.4. The van der Waals surface area contributed by atoms with Gasteiger partial charge < -0.3 is 15.2 Å². The molecular formula is C22H29ClN3O3-. The van der Waals surface area contributed by atoms with Crippen LogP contribution >= 0.6 is 11.6 Å². The summed E-state index contributed by atoms with van der Waals surface area (Å²) in [6.07, 6.45) is 10.6. The van der Waals surface area contributed by atoms with Crippen molar-refractivity contribution in [2.75, 3.05) is 5.32 Å². The van der Waals surface area contributed by atoms with Crippen molar-refractivity contribution in [2.24, 2.45) is 23.2 Å². The van der Waals surface area contributed by atoms with E-state index in [9.17, 15) is 14.7 Å². The molecule has 0 aliphatic heterocycles. The third-order valence-corrected chi connectivity index (χ3v) is 8.57. The molecule has 1 aromatic rings. The minimum Gasteiger partial charge on any atom is -0.550 e. The van der Waals surface area contributed by atoms with E-state index in [1.54, 1.807) is 6.20 Å². The molecule has 1 N–H and O–H groups in total. The first kappa shape index (κ1) is 19.4. The van der Waals surface area contributed by atoms with Crippen LogP contribution < -0.4 is 16.0 Å². The Labute approximate surface area is 176 Å². The number of carbonyl (C=O) groups excluding carboxylic acids is 1. The van der Waals surface area contributed by atoms with Gasteiger partial charge in [-0.1, -0.05) is 18.5 Å². The number of carboxylic acids is 1. The number of anilines is 1. The number of rotatable bonds is 4. The SMILES string of the molecule is CC1CCC(Nc2cnn(C34C[C@@H]5C[C@@H](CC(C(=O)[O-])(C5)C3)C4)c(=O)c2Cl)CC1. The molecule has 6 rings (SSSR count). The highest BCUT2D eigenvalue weighted by molar-refractivity contribution is 6.32. The number of nitrogens with zero attached hydrogens (tertiary/aromatic N) is 2. The number of nitrogens with one attached hydrogen (secondary N) is 1. The van der Waals surface area contributed by atoms with Crippen molar-refractivity contribution in [3.05, 3.63) is 21.6 Å². The van der Waals surface area contributed by atoms with Gasteiger partial charge in [0.05, 0.1) is 17.4 Å². The van der Waals surface area contributed by atoms with Crippen molar-refractivity contribution in [2.45, 2.75) is 82.7 Å². The van der Waals surface area contributed by atoms with Gasteiger partial charge >= 0.3 is 0 Å². The Morgan fingerprint density at radius 2 is 1.86 bits per heavy atom. The molecule has 5 aliphatic rings. The molecule has 6 nitrogen and oxygen atoms in total. The Hall–Kier alpha value is -1.56. The van der Waals surface area contributed by atoms with Crippen LogP contribution in [0, 0.1) is 23.2 Å². The fraction of sp³-hybridized carbons (Fsp3) is 0.773. The molecule has 29 heavy (non-hydrogen) atoms. The molecule has 1 heterocycles. The molecule has 0 spiro atoms. The van der Waals surface area contributed by atoms with Crippen LogP contribution in [-0.4, -0.2) is 21.8 Å². The summed E-state index contributed by atoms with van der Waals surface area (Å²) < 4.78 is 1.53. The zero-order chi connectivity index (χ0) is 20.4. The van der Waals surface area contributed by atoms with Gasteiger partial charge in [0.2, 0.25) is 0 Å². The van der Waals surface area contributed by atoms with Gasteiger partial charge in [0.15, 0.2) is 0 Å². The van der Waals surface area contributed by atoms with E-state index >= 15 is 0 Å². The number of halogens is 1. The Morgan fingerprint density at radius 1 is 1.21 bits per heavy atom. The largest absolute Gasteiger partial charge is 0.550 e.